The Hall–Kier alpha value is -2.04. The first-order valence-corrected chi connectivity index (χ1v) is 7.76. The second-order valence-corrected chi connectivity index (χ2v) is 5.43. The van der Waals surface area contributed by atoms with Crippen LogP contribution >= 0.6 is 24.0 Å². The number of alkyl halides is 3. The summed E-state index contributed by atoms with van der Waals surface area (Å²) in [5.41, 5.74) is -0.117. The van der Waals surface area contributed by atoms with Crippen LogP contribution in [-0.4, -0.2) is 20.1 Å². The van der Waals surface area contributed by atoms with Crippen LogP contribution in [0, 0.1) is 5.82 Å². The molecule has 2 aromatic rings. The minimum absolute atomic E-state index is 0. The maximum Gasteiger partial charge on any atom is 0.416 e. The first kappa shape index (κ1) is 23.0. The van der Waals surface area contributed by atoms with Gasteiger partial charge in [0.15, 0.2) is 5.96 Å². The summed E-state index contributed by atoms with van der Waals surface area (Å²) in [4.78, 5) is 3.98. The van der Waals surface area contributed by atoms with Crippen molar-refractivity contribution in [3.8, 4) is 5.75 Å². The number of nitrogens with zero attached hydrogens (tertiary/aromatic N) is 1. The average Bonchev–Trinajstić information content (AvgIpc) is 2.62. The molecule has 0 heterocycles. The van der Waals surface area contributed by atoms with Crippen molar-refractivity contribution in [2.45, 2.75) is 19.3 Å². The third-order valence-corrected chi connectivity index (χ3v) is 3.67. The Labute approximate surface area is 172 Å². The molecule has 0 aromatic heterocycles. The molecule has 148 valence electrons. The van der Waals surface area contributed by atoms with Crippen molar-refractivity contribution >= 4 is 29.9 Å². The van der Waals surface area contributed by atoms with Gasteiger partial charge in [0, 0.05) is 20.1 Å². The zero-order valence-corrected chi connectivity index (χ0v) is 17.1. The van der Waals surface area contributed by atoms with E-state index in [1.165, 1.54) is 7.05 Å². The number of rotatable bonds is 5. The predicted octanol–water partition coefficient (Wildman–Crippen LogP) is 4.34. The Morgan fingerprint density at radius 1 is 1.04 bits per heavy atom. The number of methoxy groups -OCH3 is 1. The highest BCUT2D eigenvalue weighted by Crippen LogP contribution is 2.32. The summed E-state index contributed by atoms with van der Waals surface area (Å²) in [5, 5.41) is 5.81. The van der Waals surface area contributed by atoms with Crippen LogP contribution in [0.2, 0.25) is 0 Å². The van der Waals surface area contributed by atoms with Crippen LogP contribution < -0.4 is 15.4 Å². The summed E-state index contributed by atoms with van der Waals surface area (Å²) in [7, 11) is 3.09. The zero-order valence-electron chi connectivity index (χ0n) is 14.7. The van der Waals surface area contributed by atoms with Crippen molar-refractivity contribution in [2.75, 3.05) is 14.2 Å². The molecular weight excluding hydrogens is 477 g/mol. The summed E-state index contributed by atoms with van der Waals surface area (Å²) in [6.07, 6.45) is -4.63. The van der Waals surface area contributed by atoms with Crippen LogP contribution in [0.25, 0.3) is 0 Å². The molecule has 9 heteroatoms. The van der Waals surface area contributed by atoms with Gasteiger partial charge < -0.3 is 15.4 Å². The molecule has 0 unspecified atom stereocenters. The molecule has 0 radical (unpaired) electrons. The van der Waals surface area contributed by atoms with Gasteiger partial charge in [0.1, 0.15) is 11.6 Å². The van der Waals surface area contributed by atoms with Gasteiger partial charge in [0.2, 0.25) is 0 Å². The first-order valence-electron chi connectivity index (χ1n) is 7.76. The van der Waals surface area contributed by atoms with Gasteiger partial charge in [-0.2, -0.15) is 13.2 Å². The molecule has 0 bridgehead atoms. The number of aliphatic imine (C=N–C) groups is 1. The van der Waals surface area contributed by atoms with E-state index in [9.17, 15) is 17.6 Å². The van der Waals surface area contributed by atoms with E-state index in [0.29, 0.717) is 18.6 Å². The van der Waals surface area contributed by atoms with Crippen LogP contribution in [-0.2, 0) is 19.3 Å². The molecule has 4 nitrogen and oxygen atoms in total. The number of hydrogen-bond donors (Lipinski definition) is 2. The fourth-order valence-corrected chi connectivity index (χ4v) is 2.30. The van der Waals surface area contributed by atoms with E-state index in [2.05, 4.69) is 15.6 Å². The Morgan fingerprint density at radius 3 is 2.22 bits per heavy atom. The van der Waals surface area contributed by atoms with Crippen molar-refractivity contribution in [1.82, 2.24) is 10.6 Å². The summed E-state index contributed by atoms with van der Waals surface area (Å²) >= 11 is 0. The average molecular weight is 497 g/mol. The lowest BCUT2D eigenvalue weighted by Gasteiger charge is -2.16. The molecule has 0 fully saturated rings. The maximum absolute atomic E-state index is 13.1. The molecule has 0 atom stereocenters. The van der Waals surface area contributed by atoms with Gasteiger partial charge in [-0.3, -0.25) is 4.99 Å². The minimum atomic E-state index is -4.63. The standard InChI is InChI=1S/C18H19F4N3O.HI/c1-23-17(24-10-12-3-7-15(26-2)8-4-12)25-11-13-5-6-14(19)9-16(13)18(20,21)22;/h3-9H,10-11H2,1-2H3,(H2,23,24,25);1H. The lowest BCUT2D eigenvalue weighted by atomic mass is 10.1. The summed E-state index contributed by atoms with van der Waals surface area (Å²) in [5.74, 6) is 0.133. The third kappa shape index (κ3) is 6.89. The smallest absolute Gasteiger partial charge is 0.416 e. The van der Waals surface area contributed by atoms with Crippen LogP contribution in [0.5, 0.6) is 5.75 Å². The molecule has 0 aliphatic heterocycles. The third-order valence-electron chi connectivity index (χ3n) is 3.67. The van der Waals surface area contributed by atoms with Gasteiger partial charge in [-0.05, 0) is 35.4 Å². The van der Waals surface area contributed by atoms with Crippen molar-refractivity contribution in [1.29, 1.82) is 0 Å². The highest BCUT2D eigenvalue weighted by Gasteiger charge is 2.33. The number of ether oxygens (including phenoxy) is 1. The topological polar surface area (TPSA) is 45.7 Å². The molecule has 27 heavy (non-hydrogen) atoms. The van der Waals surface area contributed by atoms with Gasteiger partial charge in [0.05, 0.1) is 12.7 Å². The highest BCUT2D eigenvalue weighted by atomic mass is 127. The molecule has 0 saturated heterocycles. The number of hydrogen-bond acceptors (Lipinski definition) is 2. The van der Waals surface area contributed by atoms with Crippen LogP contribution in [0.1, 0.15) is 16.7 Å². The Kier molecular flexibility index (Phi) is 8.80. The first-order chi connectivity index (χ1) is 12.3. The van der Waals surface area contributed by atoms with E-state index >= 15 is 0 Å². The van der Waals surface area contributed by atoms with Crippen molar-refractivity contribution in [3.63, 3.8) is 0 Å². The SMILES string of the molecule is CN=C(NCc1ccc(OC)cc1)NCc1ccc(F)cc1C(F)(F)F.I. The largest absolute Gasteiger partial charge is 0.497 e. The molecule has 0 saturated carbocycles. The Bertz CT molecular complexity index is 764. The van der Waals surface area contributed by atoms with E-state index in [1.54, 1.807) is 19.2 Å². The molecule has 0 aliphatic carbocycles. The lowest BCUT2D eigenvalue weighted by Crippen LogP contribution is -2.36. The van der Waals surface area contributed by atoms with Crippen molar-refractivity contribution in [2.24, 2.45) is 4.99 Å². The van der Waals surface area contributed by atoms with E-state index in [1.807, 2.05) is 12.1 Å². The highest BCUT2D eigenvalue weighted by molar-refractivity contribution is 14.0. The second-order valence-electron chi connectivity index (χ2n) is 5.43. The van der Waals surface area contributed by atoms with Gasteiger partial charge >= 0.3 is 6.18 Å². The summed E-state index contributed by atoms with van der Waals surface area (Å²) in [6, 6.07) is 9.94. The molecule has 2 rings (SSSR count). The summed E-state index contributed by atoms with van der Waals surface area (Å²) < 4.78 is 57.3. The minimum Gasteiger partial charge on any atom is -0.497 e. The van der Waals surface area contributed by atoms with Gasteiger partial charge in [-0.25, -0.2) is 4.39 Å². The quantitative estimate of drug-likeness (QED) is 0.280. The maximum atomic E-state index is 13.1. The number of benzene rings is 2. The van der Waals surface area contributed by atoms with Crippen molar-refractivity contribution in [3.05, 3.63) is 65.0 Å². The molecular formula is C18H20F4IN3O. The van der Waals surface area contributed by atoms with Gasteiger partial charge in [-0.15, -0.1) is 24.0 Å². The van der Waals surface area contributed by atoms with Crippen LogP contribution in [0.4, 0.5) is 17.6 Å². The number of nitrogens with one attached hydrogen (secondary N) is 2. The molecule has 0 aliphatic rings. The fraction of sp³-hybridized carbons (Fsp3) is 0.278. The molecule has 0 spiro atoms. The van der Waals surface area contributed by atoms with E-state index in [4.69, 9.17) is 4.74 Å². The summed E-state index contributed by atoms with van der Waals surface area (Å²) in [6.45, 7) is 0.288. The van der Waals surface area contributed by atoms with Crippen molar-refractivity contribution < 1.29 is 22.3 Å². The van der Waals surface area contributed by atoms with Gasteiger partial charge in [0.25, 0.3) is 0 Å². The van der Waals surface area contributed by atoms with E-state index in [0.717, 1.165) is 23.4 Å². The molecule has 0 amide bonds. The van der Waals surface area contributed by atoms with E-state index < -0.39 is 17.6 Å². The fourth-order valence-electron chi connectivity index (χ4n) is 2.30. The normalized spacial score (nSPS) is 11.6. The molecule has 2 aromatic carbocycles. The Balaban J connectivity index is 0.00000364. The Morgan fingerprint density at radius 2 is 1.67 bits per heavy atom. The van der Waals surface area contributed by atoms with Gasteiger partial charge in [-0.1, -0.05) is 18.2 Å². The zero-order chi connectivity index (χ0) is 19.2. The number of halogens is 5. The number of guanidine groups is 1. The lowest BCUT2D eigenvalue weighted by molar-refractivity contribution is -0.138. The van der Waals surface area contributed by atoms with E-state index in [-0.39, 0.29) is 36.1 Å². The second kappa shape index (κ2) is 10.3. The van der Waals surface area contributed by atoms with Crippen LogP contribution in [0.3, 0.4) is 0 Å². The van der Waals surface area contributed by atoms with Crippen LogP contribution in [0.15, 0.2) is 47.5 Å². The monoisotopic (exact) mass is 497 g/mol. The molecule has 2 N–H and O–H groups in total. The predicted molar refractivity (Wildman–Crippen MR) is 107 cm³/mol.